The fourth-order valence-corrected chi connectivity index (χ4v) is 1.36. The first-order valence-electron chi connectivity index (χ1n) is 4.97. The van der Waals surface area contributed by atoms with Crippen molar-refractivity contribution in [3.63, 3.8) is 0 Å². The van der Waals surface area contributed by atoms with E-state index in [2.05, 4.69) is 4.74 Å². The monoisotopic (exact) mass is 228 g/mol. The van der Waals surface area contributed by atoms with Gasteiger partial charge in [-0.25, -0.2) is 9.18 Å². The molecule has 5 heteroatoms. The Labute approximate surface area is 92.3 Å². The second-order valence-electron chi connectivity index (χ2n) is 3.34. The van der Waals surface area contributed by atoms with Gasteiger partial charge in [0.2, 0.25) is 0 Å². The van der Waals surface area contributed by atoms with Gasteiger partial charge in [-0.05, 0) is 25.0 Å². The van der Waals surface area contributed by atoms with Gasteiger partial charge in [-0.1, -0.05) is 13.3 Å². The number of rotatable bonds is 4. The summed E-state index contributed by atoms with van der Waals surface area (Å²) in [5.41, 5.74) is 0.0978. The van der Waals surface area contributed by atoms with E-state index in [4.69, 9.17) is 5.11 Å². The number of carboxylic acid groups (broad SMARTS) is 1. The van der Waals surface area contributed by atoms with Crippen molar-refractivity contribution in [2.45, 2.75) is 26.2 Å². The number of benzene rings is 1. The lowest BCUT2D eigenvalue weighted by molar-refractivity contribution is 0.142. The average molecular weight is 228 g/mol. The molecule has 2 N–H and O–H groups in total. The lowest BCUT2D eigenvalue weighted by Gasteiger charge is -2.09. The van der Waals surface area contributed by atoms with E-state index >= 15 is 0 Å². The molecular formula is C11H13FO4. The second-order valence-corrected chi connectivity index (χ2v) is 3.34. The molecule has 0 bridgehead atoms. The molecule has 0 saturated carbocycles. The highest BCUT2D eigenvalue weighted by molar-refractivity contribution is 5.63. The maximum absolute atomic E-state index is 13.3. The highest BCUT2D eigenvalue weighted by atomic mass is 19.1. The molecule has 0 saturated heterocycles. The van der Waals surface area contributed by atoms with Crippen LogP contribution in [0.1, 0.15) is 25.3 Å². The molecule has 1 rings (SSSR count). The van der Waals surface area contributed by atoms with Crippen molar-refractivity contribution in [1.29, 1.82) is 0 Å². The number of unbranched alkanes of at least 4 members (excludes halogenated alkanes) is 1. The third-order valence-corrected chi connectivity index (χ3v) is 2.17. The Morgan fingerprint density at radius 1 is 1.50 bits per heavy atom. The van der Waals surface area contributed by atoms with Gasteiger partial charge in [0.15, 0.2) is 11.5 Å². The van der Waals surface area contributed by atoms with Gasteiger partial charge >= 0.3 is 6.16 Å². The summed E-state index contributed by atoms with van der Waals surface area (Å²) in [4.78, 5) is 10.3. The van der Waals surface area contributed by atoms with Gasteiger partial charge in [-0.3, -0.25) is 0 Å². The van der Waals surface area contributed by atoms with Gasteiger partial charge in [0, 0.05) is 5.56 Å². The molecule has 1 aromatic carbocycles. The summed E-state index contributed by atoms with van der Waals surface area (Å²) in [6.45, 7) is 1.94. The molecule has 0 aliphatic rings. The zero-order valence-electron chi connectivity index (χ0n) is 8.86. The molecule has 0 unspecified atom stereocenters. The number of carbonyl (C=O) groups is 1. The van der Waals surface area contributed by atoms with E-state index in [1.54, 1.807) is 0 Å². The van der Waals surface area contributed by atoms with Crippen LogP contribution in [0.3, 0.4) is 0 Å². The minimum Gasteiger partial charge on any atom is -0.504 e. The number of ether oxygens (including phenoxy) is 1. The van der Waals surface area contributed by atoms with Crippen LogP contribution < -0.4 is 4.74 Å². The van der Waals surface area contributed by atoms with Gasteiger partial charge in [-0.2, -0.15) is 0 Å². The van der Waals surface area contributed by atoms with Gasteiger partial charge in [-0.15, -0.1) is 0 Å². The van der Waals surface area contributed by atoms with Crippen LogP contribution in [-0.4, -0.2) is 16.4 Å². The summed E-state index contributed by atoms with van der Waals surface area (Å²) in [6.07, 6.45) is 0.373. The number of halogens is 1. The Hall–Kier alpha value is -1.78. The first-order valence-corrected chi connectivity index (χ1v) is 4.97. The fraction of sp³-hybridized carbons (Fsp3) is 0.364. The highest BCUT2D eigenvalue weighted by Crippen LogP contribution is 2.32. The van der Waals surface area contributed by atoms with E-state index in [1.807, 2.05) is 6.92 Å². The van der Waals surface area contributed by atoms with Crippen LogP contribution in [0.15, 0.2) is 12.1 Å². The molecule has 0 atom stereocenters. The van der Waals surface area contributed by atoms with Gasteiger partial charge in [0.1, 0.15) is 5.82 Å². The summed E-state index contributed by atoms with van der Waals surface area (Å²) >= 11 is 0. The second kappa shape index (κ2) is 5.34. The molecule has 0 radical (unpaired) electrons. The molecule has 1 aromatic rings. The molecule has 88 valence electrons. The molecule has 0 aliphatic carbocycles. The van der Waals surface area contributed by atoms with E-state index in [9.17, 15) is 14.3 Å². The molecule has 0 aliphatic heterocycles. The average Bonchev–Trinajstić information content (AvgIpc) is 2.22. The minimum atomic E-state index is -1.54. The summed E-state index contributed by atoms with van der Waals surface area (Å²) in [5.74, 6) is -1.22. The fourth-order valence-electron chi connectivity index (χ4n) is 1.36. The van der Waals surface area contributed by atoms with Crippen LogP contribution >= 0.6 is 0 Å². The van der Waals surface area contributed by atoms with Crippen LogP contribution in [0.2, 0.25) is 0 Å². The van der Waals surface area contributed by atoms with E-state index in [0.29, 0.717) is 12.8 Å². The van der Waals surface area contributed by atoms with Crippen LogP contribution in [0, 0.1) is 5.82 Å². The Balaban J connectivity index is 3.01. The summed E-state index contributed by atoms with van der Waals surface area (Å²) in [6, 6.07) is 2.18. The van der Waals surface area contributed by atoms with Crippen LogP contribution in [-0.2, 0) is 6.42 Å². The summed E-state index contributed by atoms with van der Waals surface area (Å²) in [7, 11) is 0. The van der Waals surface area contributed by atoms with Crippen molar-refractivity contribution < 1.29 is 24.1 Å². The Morgan fingerprint density at radius 2 is 2.19 bits per heavy atom. The van der Waals surface area contributed by atoms with Gasteiger partial charge in [0.25, 0.3) is 0 Å². The van der Waals surface area contributed by atoms with E-state index in [0.717, 1.165) is 18.6 Å². The first kappa shape index (κ1) is 12.3. The standard InChI is InChI=1S/C11H13FO4/c1-2-3-4-7-8(12)5-6-9(10(7)13)16-11(14)15/h5-6,13H,2-4H2,1H3,(H,14,15). The molecule has 0 amide bonds. The maximum atomic E-state index is 13.3. The summed E-state index contributed by atoms with van der Waals surface area (Å²) in [5, 5.41) is 18.0. The van der Waals surface area contributed by atoms with Crippen LogP contribution in [0.5, 0.6) is 11.5 Å². The van der Waals surface area contributed by atoms with Crippen molar-refractivity contribution in [3.05, 3.63) is 23.5 Å². The quantitative estimate of drug-likeness (QED) is 0.614. The molecule has 4 nitrogen and oxygen atoms in total. The van der Waals surface area contributed by atoms with Crippen molar-refractivity contribution in [1.82, 2.24) is 0 Å². The van der Waals surface area contributed by atoms with Crippen molar-refractivity contribution in [2.75, 3.05) is 0 Å². The third-order valence-electron chi connectivity index (χ3n) is 2.17. The first-order chi connectivity index (χ1) is 7.56. The maximum Gasteiger partial charge on any atom is 0.511 e. The number of phenolic OH excluding ortho intramolecular Hbond substituents is 1. The van der Waals surface area contributed by atoms with E-state index < -0.39 is 17.7 Å². The lowest BCUT2D eigenvalue weighted by atomic mass is 10.1. The highest BCUT2D eigenvalue weighted by Gasteiger charge is 2.15. The normalized spacial score (nSPS) is 10.1. The number of phenols is 1. The molecular weight excluding hydrogens is 215 g/mol. The summed E-state index contributed by atoms with van der Waals surface area (Å²) < 4.78 is 17.6. The topological polar surface area (TPSA) is 66.8 Å². The smallest absolute Gasteiger partial charge is 0.504 e. The number of hydrogen-bond acceptors (Lipinski definition) is 3. The molecule has 0 spiro atoms. The zero-order chi connectivity index (χ0) is 12.1. The SMILES string of the molecule is CCCCc1c(F)ccc(OC(=O)O)c1O. The van der Waals surface area contributed by atoms with Gasteiger partial charge < -0.3 is 14.9 Å². The molecule has 16 heavy (non-hydrogen) atoms. The van der Waals surface area contributed by atoms with Crippen LogP contribution in [0.4, 0.5) is 9.18 Å². The molecule has 0 fully saturated rings. The number of aromatic hydroxyl groups is 1. The Morgan fingerprint density at radius 3 is 2.75 bits per heavy atom. The third kappa shape index (κ3) is 2.85. The van der Waals surface area contributed by atoms with Crippen molar-refractivity contribution >= 4 is 6.16 Å². The van der Waals surface area contributed by atoms with E-state index in [1.165, 1.54) is 0 Å². The van der Waals surface area contributed by atoms with Crippen molar-refractivity contribution in [2.24, 2.45) is 0 Å². The lowest BCUT2D eigenvalue weighted by Crippen LogP contribution is -2.04. The minimum absolute atomic E-state index is 0.0978. The molecule has 0 aromatic heterocycles. The van der Waals surface area contributed by atoms with Gasteiger partial charge in [0.05, 0.1) is 0 Å². The van der Waals surface area contributed by atoms with Crippen molar-refractivity contribution in [3.8, 4) is 11.5 Å². The zero-order valence-corrected chi connectivity index (χ0v) is 8.86. The Bertz CT molecular complexity index is 390. The predicted octanol–water partition coefficient (Wildman–Crippen LogP) is 2.93. The molecule has 0 heterocycles. The van der Waals surface area contributed by atoms with Crippen LogP contribution in [0.25, 0.3) is 0 Å². The Kier molecular flexibility index (Phi) is 4.10. The predicted molar refractivity (Wildman–Crippen MR) is 55.3 cm³/mol. The number of hydrogen-bond donors (Lipinski definition) is 2. The van der Waals surface area contributed by atoms with E-state index in [-0.39, 0.29) is 11.3 Å². The largest absolute Gasteiger partial charge is 0.511 e.